The van der Waals surface area contributed by atoms with E-state index in [2.05, 4.69) is 225 Å². The Bertz CT molecular complexity index is 3200. The Morgan fingerprint density at radius 2 is 0.985 bits per heavy atom. The monoisotopic (exact) mass is 978 g/mol. The van der Waals surface area contributed by atoms with Gasteiger partial charge < -0.3 is 14.7 Å². The lowest BCUT2D eigenvalue weighted by atomic mass is 9.92. The highest BCUT2D eigenvalue weighted by molar-refractivity contribution is 14.1. The average molecular weight is 979 g/mol. The lowest BCUT2D eigenvalue weighted by Crippen LogP contribution is -2.16. The average Bonchev–Trinajstić information content (AvgIpc) is 4.13. The van der Waals surface area contributed by atoms with E-state index in [-0.39, 0.29) is 0 Å². The standard InChI is InChI=1S/C58H55IN4OSi/c1-8-9-10-11-33-64-45-22-18-43(19-23-45)57-48-26-24-46(60-48)55(41-14-12-40(13-15-41)32-34-65(5,6)7)50-28-30-52(62-50)58(54-38(3)35-37(2)36-39(54)4)53-31-29-51(63-53)56(47-25-27-49(57)61-47)42-16-20-44(59)21-17-42/h12-31,35-36,60,63H,8-11,33H2,1-7H3. The summed E-state index contributed by atoms with van der Waals surface area (Å²) in [5.41, 5.74) is 24.2. The van der Waals surface area contributed by atoms with Gasteiger partial charge in [-0.05, 0) is 168 Å². The molecule has 0 aliphatic carbocycles. The number of nitrogens with one attached hydrogen (secondary N) is 2. The van der Waals surface area contributed by atoms with Crippen molar-refractivity contribution in [2.75, 3.05) is 6.61 Å². The van der Waals surface area contributed by atoms with Crippen LogP contribution in [0, 0.1) is 35.8 Å². The van der Waals surface area contributed by atoms with Gasteiger partial charge in [0.25, 0.3) is 0 Å². The Hall–Kier alpha value is -6.21. The highest BCUT2D eigenvalue weighted by atomic mass is 127. The molecule has 0 spiro atoms. The third kappa shape index (κ3) is 9.61. The third-order valence-electron chi connectivity index (χ3n) is 12.0. The van der Waals surface area contributed by atoms with Crippen LogP contribution in [-0.4, -0.2) is 34.6 Å². The van der Waals surface area contributed by atoms with E-state index in [9.17, 15) is 0 Å². The van der Waals surface area contributed by atoms with E-state index < -0.39 is 8.07 Å². The molecule has 324 valence electrons. The number of hydrogen-bond acceptors (Lipinski definition) is 3. The highest BCUT2D eigenvalue weighted by Crippen LogP contribution is 2.40. The van der Waals surface area contributed by atoms with Crippen LogP contribution >= 0.6 is 22.6 Å². The van der Waals surface area contributed by atoms with Gasteiger partial charge in [0, 0.05) is 53.5 Å². The van der Waals surface area contributed by atoms with E-state index in [0.29, 0.717) is 6.61 Å². The first-order chi connectivity index (χ1) is 31.4. The molecule has 5 nitrogen and oxygen atoms in total. The maximum absolute atomic E-state index is 6.21. The molecule has 65 heavy (non-hydrogen) atoms. The van der Waals surface area contributed by atoms with Crippen molar-refractivity contribution in [3.05, 3.63) is 158 Å². The minimum Gasteiger partial charge on any atom is -0.494 e. The van der Waals surface area contributed by atoms with Crippen LogP contribution in [-0.2, 0) is 0 Å². The fraction of sp³-hybridized carbons (Fsp3) is 0.207. The number of nitrogens with zero attached hydrogens (tertiary/aromatic N) is 2. The highest BCUT2D eigenvalue weighted by Gasteiger charge is 2.21. The predicted octanol–water partition coefficient (Wildman–Crippen LogP) is 16.0. The topological polar surface area (TPSA) is 66.6 Å². The molecule has 0 atom stereocenters. The number of aromatic amines is 2. The first-order valence-electron chi connectivity index (χ1n) is 22.8. The van der Waals surface area contributed by atoms with E-state index in [1.165, 1.54) is 45.1 Å². The Morgan fingerprint density at radius 3 is 1.46 bits per heavy atom. The van der Waals surface area contributed by atoms with Crippen LogP contribution in [0.2, 0.25) is 19.6 Å². The Kier molecular flexibility index (Phi) is 12.7. The van der Waals surface area contributed by atoms with E-state index in [1.807, 2.05) is 0 Å². The van der Waals surface area contributed by atoms with Gasteiger partial charge in [-0.1, -0.05) is 106 Å². The zero-order chi connectivity index (χ0) is 45.2. The van der Waals surface area contributed by atoms with Crippen LogP contribution in [0.15, 0.2) is 109 Å². The molecule has 3 aromatic heterocycles. The first kappa shape index (κ1) is 44.0. The molecule has 7 aromatic rings. The Balaban J connectivity index is 1.36. The summed E-state index contributed by atoms with van der Waals surface area (Å²) >= 11 is 2.38. The molecule has 2 aliphatic rings. The Labute approximate surface area is 398 Å². The smallest absolute Gasteiger partial charge is 0.129 e. The van der Waals surface area contributed by atoms with E-state index in [4.69, 9.17) is 14.7 Å². The van der Waals surface area contributed by atoms with E-state index in [1.54, 1.807) is 0 Å². The molecule has 0 saturated carbocycles. The van der Waals surface area contributed by atoms with E-state index in [0.717, 1.165) is 102 Å². The molecule has 2 aliphatic heterocycles. The van der Waals surface area contributed by atoms with Crippen molar-refractivity contribution < 1.29 is 4.74 Å². The largest absolute Gasteiger partial charge is 0.494 e. The van der Waals surface area contributed by atoms with Crippen molar-refractivity contribution >= 4 is 77.0 Å². The second-order valence-corrected chi connectivity index (χ2v) is 24.3. The minimum atomic E-state index is -1.55. The van der Waals surface area contributed by atoms with Crippen molar-refractivity contribution in [1.82, 2.24) is 19.9 Å². The van der Waals surface area contributed by atoms with Gasteiger partial charge in [-0.15, -0.1) is 5.54 Å². The van der Waals surface area contributed by atoms with Gasteiger partial charge in [-0.25, -0.2) is 9.97 Å². The van der Waals surface area contributed by atoms with Gasteiger partial charge >= 0.3 is 0 Å². The predicted molar refractivity (Wildman–Crippen MR) is 287 cm³/mol. The number of aromatic nitrogens is 4. The summed E-state index contributed by atoms with van der Waals surface area (Å²) in [5.74, 6) is 4.32. The zero-order valence-corrected chi connectivity index (χ0v) is 41.6. The minimum absolute atomic E-state index is 0.715. The molecule has 0 radical (unpaired) electrons. The Morgan fingerprint density at radius 1 is 0.538 bits per heavy atom. The fourth-order valence-corrected chi connectivity index (χ4v) is 9.87. The second kappa shape index (κ2) is 18.7. The number of aryl methyl sites for hydroxylation is 3. The van der Waals surface area contributed by atoms with Crippen LogP contribution in [0.3, 0.4) is 0 Å². The lowest BCUT2D eigenvalue weighted by Gasteiger charge is -2.13. The van der Waals surface area contributed by atoms with Crippen molar-refractivity contribution in [2.24, 2.45) is 0 Å². The molecule has 2 N–H and O–H groups in total. The number of halogens is 1. The number of rotatable bonds is 10. The van der Waals surface area contributed by atoms with Crippen LogP contribution in [0.1, 0.15) is 77.6 Å². The molecule has 0 amide bonds. The number of ether oxygens (including phenoxy) is 1. The third-order valence-corrected chi connectivity index (χ3v) is 13.6. The van der Waals surface area contributed by atoms with Gasteiger partial charge in [0.05, 0.1) is 29.4 Å². The quantitative estimate of drug-likeness (QED) is 0.0621. The second-order valence-electron chi connectivity index (χ2n) is 18.3. The molecule has 8 bridgehead atoms. The van der Waals surface area contributed by atoms with Crippen LogP contribution in [0.5, 0.6) is 5.75 Å². The summed E-state index contributed by atoms with van der Waals surface area (Å²) < 4.78 is 7.39. The zero-order valence-electron chi connectivity index (χ0n) is 38.4. The molecule has 5 heterocycles. The number of fused-ring (bicyclic) bond motifs is 8. The van der Waals surface area contributed by atoms with Gasteiger partial charge in [0.1, 0.15) is 13.8 Å². The van der Waals surface area contributed by atoms with Gasteiger partial charge in [0.2, 0.25) is 0 Å². The molecule has 0 fully saturated rings. The molecule has 7 heteroatoms. The maximum atomic E-state index is 6.21. The summed E-state index contributed by atoms with van der Waals surface area (Å²) in [5, 5.41) is 0. The van der Waals surface area contributed by atoms with Crippen molar-refractivity contribution in [3.63, 3.8) is 0 Å². The molecule has 0 unspecified atom stereocenters. The molecule has 0 saturated heterocycles. The number of benzene rings is 4. The van der Waals surface area contributed by atoms with Gasteiger partial charge in [-0.2, -0.15) is 0 Å². The van der Waals surface area contributed by atoms with Gasteiger partial charge in [-0.3, -0.25) is 0 Å². The number of hydrogen-bond donors (Lipinski definition) is 2. The first-order valence-corrected chi connectivity index (χ1v) is 27.4. The summed E-state index contributed by atoms with van der Waals surface area (Å²) in [6.45, 7) is 16.4. The van der Waals surface area contributed by atoms with Crippen molar-refractivity contribution in [2.45, 2.75) is 73.0 Å². The molecular formula is C58H55IN4OSi. The summed E-state index contributed by atoms with van der Waals surface area (Å²) in [6, 6.07) is 39.2. The fourth-order valence-electron chi connectivity index (χ4n) is 8.99. The van der Waals surface area contributed by atoms with Crippen LogP contribution < -0.4 is 4.74 Å². The maximum Gasteiger partial charge on any atom is 0.129 e. The molecule has 4 aromatic carbocycles. The summed E-state index contributed by atoms with van der Waals surface area (Å²) in [7, 11) is -1.55. The molecule has 9 rings (SSSR count). The SMILES string of the molecule is CCCCCCOc1ccc(-c2c3nc(c(-c4ccc(I)cc4)c4ccc([nH]4)c(-c4c(C)cc(C)cc4C)c4nc(c(-c5ccc(C#C[Si](C)(C)C)cc5)c5ccc2[nH]5)C=C4)C=C3)cc1. The van der Waals surface area contributed by atoms with Crippen LogP contribution in [0.25, 0.3) is 90.9 Å². The number of unbranched alkanes of at least 4 members (excludes halogenated alkanes) is 3. The van der Waals surface area contributed by atoms with Gasteiger partial charge in [0.15, 0.2) is 0 Å². The van der Waals surface area contributed by atoms with Crippen molar-refractivity contribution in [1.29, 1.82) is 0 Å². The molecular weight excluding hydrogens is 924 g/mol. The summed E-state index contributed by atoms with van der Waals surface area (Å²) in [4.78, 5) is 18.9. The van der Waals surface area contributed by atoms with Crippen LogP contribution in [0.4, 0.5) is 0 Å². The normalized spacial score (nSPS) is 12.1. The van der Waals surface area contributed by atoms with E-state index >= 15 is 0 Å². The lowest BCUT2D eigenvalue weighted by molar-refractivity contribution is 0.305. The summed E-state index contributed by atoms with van der Waals surface area (Å²) in [6.07, 6.45) is 13.3. The number of H-pyrrole nitrogens is 2. The van der Waals surface area contributed by atoms with Crippen molar-refractivity contribution in [3.8, 4) is 61.7 Å².